The maximum absolute atomic E-state index is 12.6. The van der Waals surface area contributed by atoms with E-state index >= 15 is 0 Å². The third kappa shape index (κ3) is 2.11. The predicted octanol–water partition coefficient (Wildman–Crippen LogP) is 4.12. The van der Waals surface area contributed by atoms with E-state index in [4.69, 9.17) is 16.9 Å². The highest BCUT2D eigenvalue weighted by Gasteiger charge is 2.26. The van der Waals surface area contributed by atoms with Crippen molar-refractivity contribution in [2.45, 2.75) is 18.8 Å². The molecule has 20 heavy (non-hydrogen) atoms. The average Bonchev–Trinajstić information content (AvgIpc) is 2.90. The molecule has 1 atom stereocenters. The summed E-state index contributed by atoms with van der Waals surface area (Å²) in [5, 5.41) is 9.76. The van der Waals surface area contributed by atoms with E-state index in [1.54, 1.807) is 24.3 Å². The average molecular weight is 282 g/mol. The van der Waals surface area contributed by atoms with Gasteiger partial charge in [-0.15, -0.1) is 0 Å². The van der Waals surface area contributed by atoms with E-state index in [2.05, 4.69) is 6.07 Å². The molecule has 0 bridgehead atoms. The number of ketones is 1. The van der Waals surface area contributed by atoms with Crippen molar-refractivity contribution in [3.63, 3.8) is 0 Å². The smallest absolute Gasteiger partial charge is 0.193 e. The van der Waals surface area contributed by atoms with Crippen LogP contribution in [0.5, 0.6) is 0 Å². The minimum atomic E-state index is -0.0806. The molecule has 3 rings (SSSR count). The summed E-state index contributed by atoms with van der Waals surface area (Å²) in [6.45, 7) is 0. The molecule has 2 nitrogen and oxygen atoms in total. The zero-order valence-electron chi connectivity index (χ0n) is 10.8. The number of hydrogen-bond acceptors (Lipinski definition) is 2. The fraction of sp³-hybridized carbons (Fsp3) is 0.176. The molecule has 3 heteroatoms. The highest BCUT2D eigenvalue weighted by Crippen LogP contribution is 2.35. The van der Waals surface area contributed by atoms with Gasteiger partial charge in [0.25, 0.3) is 0 Å². The SMILES string of the molecule is N#CC1CCc2c(C(=O)c3ccc(Cl)cc3)cccc21. The van der Waals surface area contributed by atoms with Gasteiger partial charge in [-0.3, -0.25) is 4.79 Å². The molecule has 0 aromatic heterocycles. The van der Waals surface area contributed by atoms with Crippen molar-refractivity contribution in [2.24, 2.45) is 0 Å². The summed E-state index contributed by atoms with van der Waals surface area (Å²) in [5.41, 5.74) is 3.37. The van der Waals surface area contributed by atoms with Crippen LogP contribution in [0.4, 0.5) is 0 Å². The van der Waals surface area contributed by atoms with Crippen molar-refractivity contribution >= 4 is 17.4 Å². The molecule has 0 aliphatic heterocycles. The van der Waals surface area contributed by atoms with Crippen LogP contribution in [0.3, 0.4) is 0 Å². The number of nitrogens with zero attached hydrogens (tertiary/aromatic N) is 1. The van der Waals surface area contributed by atoms with Crippen LogP contribution < -0.4 is 0 Å². The van der Waals surface area contributed by atoms with Gasteiger partial charge >= 0.3 is 0 Å². The van der Waals surface area contributed by atoms with Gasteiger partial charge in [-0.1, -0.05) is 29.8 Å². The van der Waals surface area contributed by atoms with Gasteiger partial charge in [0.15, 0.2) is 5.78 Å². The standard InChI is InChI=1S/C17H12ClNO/c18-13-7-4-11(5-8-13)17(20)16-3-1-2-14-12(10-19)6-9-15(14)16/h1-5,7-8,12H,6,9H2. The van der Waals surface area contributed by atoms with Crippen molar-refractivity contribution in [2.75, 3.05) is 0 Å². The Labute approximate surface area is 122 Å². The number of hydrogen-bond donors (Lipinski definition) is 0. The Kier molecular flexibility index (Phi) is 3.30. The van der Waals surface area contributed by atoms with Gasteiger partial charge in [-0.2, -0.15) is 5.26 Å². The zero-order valence-corrected chi connectivity index (χ0v) is 11.5. The summed E-state index contributed by atoms with van der Waals surface area (Å²) in [7, 11) is 0. The molecule has 0 heterocycles. The summed E-state index contributed by atoms with van der Waals surface area (Å²) in [4.78, 5) is 12.6. The molecule has 1 aliphatic carbocycles. The van der Waals surface area contributed by atoms with Gasteiger partial charge in [0.05, 0.1) is 12.0 Å². The van der Waals surface area contributed by atoms with E-state index < -0.39 is 0 Å². The van der Waals surface area contributed by atoms with Crippen LogP contribution in [0.1, 0.15) is 39.4 Å². The van der Waals surface area contributed by atoms with Crippen LogP contribution in [0, 0.1) is 11.3 Å². The molecule has 0 spiro atoms. The fourth-order valence-electron chi connectivity index (χ4n) is 2.76. The third-order valence-electron chi connectivity index (χ3n) is 3.78. The normalized spacial score (nSPS) is 16.5. The third-order valence-corrected chi connectivity index (χ3v) is 4.03. The van der Waals surface area contributed by atoms with Gasteiger partial charge in [0.2, 0.25) is 0 Å². The van der Waals surface area contributed by atoms with Gasteiger partial charge in [-0.05, 0) is 48.2 Å². The molecule has 0 saturated carbocycles. The molecule has 0 amide bonds. The minimum absolute atomic E-state index is 0.00268. The van der Waals surface area contributed by atoms with Gasteiger partial charge in [0.1, 0.15) is 0 Å². The maximum atomic E-state index is 12.6. The number of nitriles is 1. The van der Waals surface area contributed by atoms with Crippen molar-refractivity contribution < 1.29 is 4.79 Å². The van der Waals surface area contributed by atoms with Crippen molar-refractivity contribution in [1.29, 1.82) is 5.26 Å². The Hall–Kier alpha value is -2.11. The summed E-state index contributed by atoms with van der Waals surface area (Å²) in [6.07, 6.45) is 1.60. The highest BCUT2D eigenvalue weighted by molar-refractivity contribution is 6.30. The van der Waals surface area contributed by atoms with Crippen LogP contribution in [0.2, 0.25) is 5.02 Å². The Morgan fingerprint density at radius 3 is 2.65 bits per heavy atom. The van der Waals surface area contributed by atoms with Crippen LogP contribution in [0.25, 0.3) is 0 Å². The lowest BCUT2D eigenvalue weighted by atomic mass is 9.94. The van der Waals surface area contributed by atoms with Crippen LogP contribution in [0.15, 0.2) is 42.5 Å². The second-order valence-electron chi connectivity index (χ2n) is 4.93. The molecule has 0 fully saturated rings. The first-order valence-electron chi connectivity index (χ1n) is 6.52. The summed E-state index contributed by atoms with van der Waals surface area (Å²) < 4.78 is 0. The number of halogens is 1. The van der Waals surface area contributed by atoms with Crippen molar-refractivity contribution in [3.05, 3.63) is 69.7 Å². The van der Waals surface area contributed by atoms with Gasteiger partial charge < -0.3 is 0 Å². The van der Waals surface area contributed by atoms with E-state index in [1.165, 1.54) is 0 Å². The van der Waals surface area contributed by atoms with E-state index in [0.717, 1.165) is 24.0 Å². The molecule has 98 valence electrons. The summed E-state index contributed by atoms with van der Waals surface area (Å²) >= 11 is 5.85. The van der Waals surface area contributed by atoms with Crippen molar-refractivity contribution in [3.8, 4) is 6.07 Å². The first kappa shape index (κ1) is 12.9. The first-order chi connectivity index (χ1) is 9.70. The van der Waals surface area contributed by atoms with E-state index in [0.29, 0.717) is 16.1 Å². The van der Waals surface area contributed by atoms with Gasteiger partial charge in [0, 0.05) is 16.1 Å². The molecule has 1 aliphatic rings. The second-order valence-corrected chi connectivity index (χ2v) is 5.37. The monoisotopic (exact) mass is 281 g/mol. The Morgan fingerprint density at radius 2 is 1.95 bits per heavy atom. The number of carbonyl (C=O) groups excluding carboxylic acids is 1. The molecular formula is C17H12ClNO. The fourth-order valence-corrected chi connectivity index (χ4v) is 2.88. The molecule has 2 aromatic rings. The zero-order chi connectivity index (χ0) is 14.1. The lowest BCUT2D eigenvalue weighted by Gasteiger charge is -2.08. The molecule has 1 unspecified atom stereocenters. The van der Waals surface area contributed by atoms with E-state index in [9.17, 15) is 4.79 Å². The van der Waals surface area contributed by atoms with E-state index in [-0.39, 0.29) is 11.7 Å². The summed E-state index contributed by atoms with van der Waals surface area (Å²) in [6, 6.07) is 14.9. The lowest BCUT2D eigenvalue weighted by Crippen LogP contribution is -2.05. The largest absolute Gasteiger partial charge is 0.289 e. The molecular weight excluding hydrogens is 270 g/mol. The van der Waals surface area contributed by atoms with Crippen LogP contribution in [-0.2, 0) is 6.42 Å². The van der Waals surface area contributed by atoms with Crippen LogP contribution in [-0.4, -0.2) is 5.78 Å². The predicted molar refractivity (Wildman–Crippen MR) is 78.0 cm³/mol. The Balaban J connectivity index is 2.04. The number of benzene rings is 2. The van der Waals surface area contributed by atoms with Gasteiger partial charge in [-0.25, -0.2) is 0 Å². The maximum Gasteiger partial charge on any atom is 0.193 e. The number of rotatable bonds is 2. The molecule has 2 aromatic carbocycles. The highest BCUT2D eigenvalue weighted by atomic mass is 35.5. The number of carbonyl (C=O) groups is 1. The van der Waals surface area contributed by atoms with E-state index in [1.807, 2.05) is 18.2 Å². The topological polar surface area (TPSA) is 40.9 Å². The van der Waals surface area contributed by atoms with Crippen LogP contribution >= 0.6 is 11.6 Å². The molecule has 0 radical (unpaired) electrons. The Morgan fingerprint density at radius 1 is 1.20 bits per heavy atom. The molecule has 0 saturated heterocycles. The lowest BCUT2D eigenvalue weighted by molar-refractivity contribution is 0.103. The number of fused-ring (bicyclic) bond motifs is 1. The second kappa shape index (κ2) is 5.11. The molecule has 0 N–H and O–H groups in total. The van der Waals surface area contributed by atoms with Crippen molar-refractivity contribution in [1.82, 2.24) is 0 Å². The summed E-state index contributed by atoms with van der Waals surface area (Å²) in [5.74, 6) is -0.0833. The Bertz CT molecular complexity index is 713. The first-order valence-corrected chi connectivity index (χ1v) is 6.90. The minimum Gasteiger partial charge on any atom is -0.289 e. The quantitative estimate of drug-likeness (QED) is 0.777.